The number of rotatable bonds is 25. The first-order valence-electron chi connectivity index (χ1n) is 18.4. The molecule has 0 amide bonds. The summed E-state index contributed by atoms with van der Waals surface area (Å²) >= 11 is 0. The Balaban J connectivity index is 1.20. The minimum absolute atomic E-state index is 0.0432. The molecule has 1 saturated heterocycles. The van der Waals surface area contributed by atoms with Gasteiger partial charge < -0.3 is 24.8 Å². The first kappa shape index (κ1) is 40.8. The summed E-state index contributed by atoms with van der Waals surface area (Å²) in [4.78, 5) is 14.6. The Kier molecular flexibility index (Phi) is 16.7. The SMILES string of the molecule is CCCCCCCCCCCCCCOC[C@H](COP(=O)(O)OC[C@@H]1CC[C@](C)(c2ccc3c(N)ncnn23)O1)OCc1cc(F)cc(C#N)c1. The average Bonchev–Trinajstić information content (AvgIpc) is 3.73. The molecule has 2 aromatic heterocycles. The number of aromatic nitrogens is 3. The Morgan fingerprint density at radius 3 is 2.49 bits per heavy atom. The monoisotopic (exact) mass is 731 g/mol. The second-order valence-electron chi connectivity index (χ2n) is 13.6. The number of anilines is 1. The fourth-order valence-electron chi connectivity index (χ4n) is 6.39. The second kappa shape index (κ2) is 20.9. The zero-order valence-corrected chi connectivity index (χ0v) is 31.0. The summed E-state index contributed by atoms with van der Waals surface area (Å²) in [7, 11) is -4.50. The van der Waals surface area contributed by atoms with Gasteiger partial charge in [0.25, 0.3) is 0 Å². The quantitative estimate of drug-likeness (QED) is 0.0638. The molecule has 14 heteroatoms. The van der Waals surface area contributed by atoms with Crippen LogP contribution in [-0.4, -0.2) is 58.1 Å². The van der Waals surface area contributed by atoms with Crippen molar-refractivity contribution in [2.45, 2.75) is 128 Å². The number of nitrogen functional groups attached to an aromatic ring is 1. The standard InChI is InChI=1S/C37H55FN5O7P/c1-3-4-5-6-7-8-9-10-11-12-13-14-19-46-25-33(47-24-30-20-29(23-39)21-31(38)22-30)27-49-51(44,45)48-26-32-17-18-37(2,50-32)35-16-15-34-36(40)41-28-42-43(34)35/h15-16,20-22,28,32-33H,3-14,17-19,24-27H2,1-2H3,(H,44,45)(H2,40,41,42)/t32-,33+,37+/m0/s1. The first-order valence-corrected chi connectivity index (χ1v) is 19.9. The number of nitrogens with two attached hydrogens (primary N) is 1. The summed E-state index contributed by atoms with van der Waals surface area (Å²) in [5, 5.41) is 13.5. The van der Waals surface area contributed by atoms with Crippen LogP contribution in [0, 0.1) is 17.1 Å². The Morgan fingerprint density at radius 2 is 1.78 bits per heavy atom. The maximum atomic E-state index is 14.0. The van der Waals surface area contributed by atoms with Crippen LogP contribution in [0.1, 0.15) is 121 Å². The van der Waals surface area contributed by atoms with Crippen LogP contribution in [0.4, 0.5) is 10.2 Å². The van der Waals surface area contributed by atoms with Gasteiger partial charge in [-0.1, -0.05) is 77.6 Å². The largest absolute Gasteiger partial charge is 0.472 e. The highest BCUT2D eigenvalue weighted by Gasteiger charge is 2.41. The van der Waals surface area contributed by atoms with Gasteiger partial charge in [-0.15, -0.1) is 0 Å². The summed E-state index contributed by atoms with van der Waals surface area (Å²) in [5.41, 5.74) is 7.35. The lowest BCUT2D eigenvalue weighted by Crippen LogP contribution is -2.27. The van der Waals surface area contributed by atoms with Crippen molar-refractivity contribution in [3.63, 3.8) is 0 Å². The number of fused-ring (bicyclic) bond motifs is 1. The van der Waals surface area contributed by atoms with Crippen LogP contribution < -0.4 is 5.73 Å². The van der Waals surface area contributed by atoms with Crippen LogP contribution in [0.15, 0.2) is 36.7 Å². The molecule has 0 aliphatic carbocycles. The van der Waals surface area contributed by atoms with Crippen LogP contribution >= 0.6 is 7.82 Å². The molecule has 3 aromatic rings. The third-order valence-corrected chi connectivity index (χ3v) is 10.2. The number of phosphoric ester groups is 1. The summed E-state index contributed by atoms with van der Waals surface area (Å²) in [5.74, 6) is -0.194. The smallest absolute Gasteiger partial charge is 0.382 e. The Hall–Kier alpha value is -2.95. The Labute approximate surface area is 301 Å². The van der Waals surface area contributed by atoms with Gasteiger partial charge in [-0.25, -0.2) is 18.5 Å². The van der Waals surface area contributed by atoms with Crippen molar-refractivity contribution in [2.24, 2.45) is 0 Å². The van der Waals surface area contributed by atoms with Crippen LogP contribution in [-0.2, 0) is 40.0 Å². The molecule has 0 radical (unpaired) electrons. The van der Waals surface area contributed by atoms with Crippen molar-refractivity contribution in [2.75, 3.05) is 32.2 Å². The number of phosphoric acid groups is 1. The topological polar surface area (TPSA) is 163 Å². The number of hydrogen-bond donors (Lipinski definition) is 2. The lowest BCUT2D eigenvalue weighted by Gasteiger charge is -2.25. The summed E-state index contributed by atoms with van der Waals surface area (Å²) in [6.07, 6.45) is 16.3. The molecule has 3 N–H and O–H groups in total. The van der Waals surface area contributed by atoms with Crippen molar-refractivity contribution in [1.82, 2.24) is 14.6 Å². The lowest BCUT2D eigenvalue weighted by atomic mass is 9.98. The third-order valence-electron chi connectivity index (χ3n) is 9.26. The molecule has 1 unspecified atom stereocenters. The number of unbranched alkanes of at least 4 members (excludes halogenated alkanes) is 11. The van der Waals surface area contributed by atoms with Gasteiger partial charge in [0.15, 0.2) is 5.82 Å². The predicted octanol–water partition coefficient (Wildman–Crippen LogP) is 8.15. The number of nitrogens with zero attached hydrogens (tertiary/aromatic N) is 4. The first-order chi connectivity index (χ1) is 24.6. The van der Waals surface area contributed by atoms with Crippen molar-refractivity contribution in [1.29, 1.82) is 5.26 Å². The lowest BCUT2D eigenvalue weighted by molar-refractivity contribution is -0.0635. The molecule has 3 heterocycles. The minimum Gasteiger partial charge on any atom is -0.382 e. The zero-order chi connectivity index (χ0) is 36.5. The number of benzene rings is 1. The zero-order valence-electron chi connectivity index (χ0n) is 30.1. The average molecular weight is 732 g/mol. The highest BCUT2D eigenvalue weighted by molar-refractivity contribution is 7.47. The molecule has 1 aliphatic heterocycles. The molecule has 282 valence electrons. The van der Waals surface area contributed by atoms with Crippen molar-refractivity contribution >= 4 is 19.2 Å². The van der Waals surface area contributed by atoms with Crippen molar-refractivity contribution < 1.29 is 37.1 Å². The van der Waals surface area contributed by atoms with E-state index >= 15 is 0 Å². The van der Waals surface area contributed by atoms with Crippen LogP contribution in [0.25, 0.3) is 5.52 Å². The van der Waals surface area contributed by atoms with Gasteiger partial charge in [0, 0.05) is 6.61 Å². The minimum atomic E-state index is -4.50. The summed E-state index contributed by atoms with van der Waals surface area (Å²) in [6.45, 7) is 4.28. The third kappa shape index (κ3) is 13.5. The molecular weight excluding hydrogens is 676 g/mol. The molecule has 0 bridgehead atoms. The van der Waals surface area contributed by atoms with Gasteiger partial charge in [0.2, 0.25) is 0 Å². The van der Waals surface area contributed by atoms with Gasteiger partial charge in [-0.2, -0.15) is 10.4 Å². The molecule has 1 aliphatic rings. The fourth-order valence-corrected chi connectivity index (χ4v) is 7.17. The van der Waals surface area contributed by atoms with Crippen LogP contribution in [0.3, 0.4) is 0 Å². The van der Waals surface area contributed by atoms with Crippen molar-refractivity contribution in [3.8, 4) is 6.07 Å². The molecule has 51 heavy (non-hydrogen) atoms. The van der Waals surface area contributed by atoms with E-state index in [1.54, 1.807) is 4.52 Å². The molecular formula is C37H55FN5O7P. The maximum Gasteiger partial charge on any atom is 0.472 e. The molecule has 1 fully saturated rings. The molecule has 4 rings (SSSR count). The fraction of sp³-hybridized carbons (Fsp3) is 0.649. The number of ether oxygens (including phenoxy) is 3. The van der Waals surface area contributed by atoms with E-state index in [2.05, 4.69) is 17.0 Å². The summed E-state index contributed by atoms with van der Waals surface area (Å²) < 4.78 is 57.4. The second-order valence-corrected chi connectivity index (χ2v) is 15.0. The molecule has 4 atom stereocenters. The van der Waals surface area contributed by atoms with Gasteiger partial charge >= 0.3 is 7.82 Å². The van der Waals surface area contributed by atoms with Crippen LogP contribution in [0.2, 0.25) is 0 Å². The molecule has 0 spiro atoms. The van der Waals surface area contributed by atoms with Gasteiger partial charge in [-0.05, 0) is 62.1 Å². The molecule has 12 nitrogen and oxygen atoms in total. The van der Waals surface area contributed by atoms with E-state index in [9.17, 15) is 19.1 Å². The van der Waals surface area contributed by atoms with E-state index in [1.807, 2.05) is 25.1 Å². The van der Waals surface area contributed by atoms with E-state index < -0.39 is 31.4 Å². The van der Waals surface area contributed by atoms with E-state index in [-0.39, 0.29) is 32.0 Å². The van der Waals surface area contributed by atoms with Gasteiger partial charge in [0.05, 0.1) is 49.9 Å². The Bertz CT molecular complexity index is 1590. The highest BCUT2D eigenvalue weighted by atomic mass is 31.2. The maximum absolute atomic E-state index is 14.0. The van der Waals surface area contributed by atoms with Crippen LogP contribution in [0.5, 0.6) is 0 Å². The number of hydrogen-bond acceptors (Lipinski definition) is 10. The normalized spacial score (nSPS) is 19.3. The van der Waals surface area contributed by atoms with E-state index in [0.29, 0.717) is 36.3 Å². The molecule has 1 aromatic carbocycles. The highest BCUT2D eigenvalue weighted by Crippen LogP contribution is 2.46. The van der Waals surface area contributed by atoms with Crippen molar-refractivity contribution in [3.05, 3.63) is 59.3 Å². The Morgan fingerprint density at radius 1 is 1.08 bits per heavy atom. The van der Waals surface area contributed by atoms with E-state index in [0.717, 1.165) is 31.0 Å². The predicted molar refractivity (Wildman–Crippen MR) is 192 cm³/mol. The van der Waals surface area contributed by atoms with Gasteiger partial charge in [0.1, 0.15) is 29.4 Å². The summed E-state index contributed by atoms with van der Waals surface area (Å²) in [6, 6.07) is 9.59. The van der Waals surface area contributed by atoms with Gasteiger partial charge in [-0.3, -0.25) is 9.05 Å². The van der Waals surface area contributed by atoms with E-state index in [4.69, 9.17) is 29.0 Å². The number of halogens is 1. The molecule has 0 saturated carbocycles. The number of nitriles is 1. The van der Waals surface area contributed by atoms with E-state index in [1.165, 1.54) is 76.2 Å².